The highest BCUT2D eigenvalue weighted by atomic mass is 16.2. The predicted octanol–water partition coefficient (Wildman–Crippen LogP) is 6.96. The Morgan fingerprint density at radius 2 is 0.831 bits per heavy atom. The van der Waals surface area contributed by atoms with Gasteiger partial charge in [0.05, 0.1) is 76.9 Å². The van der Waals surface area contributed by atoms with Crippen molar-refractivity contribution < 1.29 is 14.4 Å². The van der Waals surface area contributed by atoms with Crippen molar-refractivity contribution in [2.24, 2.45) is 0 Å². The third-order valence-electron chi connectivity index (χ3n) is 14.1. The molecule has 1 aliphatic heterocycles. The van der Waals surface area contributed by atoms with Gasteiger partial charge in [0.15, 0.2) is 0 Å². The van der Waals surface area contributed by atoms with E-state index in [0.29, 0.717) is 58.9 Å². The topological polar surface area (TPSA) is 152 Å². The molecule has 0 radical (unpaired) electrons. The number of carbonyl (C=O) groups is 3. The first-order valence-corrected chi connectivity index (χ1v) is 25.4. The van der Waals surface area contributed by atoms with E-state index in [1.165, 1.54) is 0 Å². The van der Waals surface area contributed by atoms with Gasteiger partial charge in [0.2, 0.25) is 17.7 Å². The number of aryl methyl sites for hydroxylation is 2. The molecule has 71 heavy (non-hydrogen) atoms. The normalized spacial score (nSPS) is 17.1. The highest BCUT2D eigenvalue weighted by molar-refractivity contribution is 6.20. The summed E-state index contributed by atoms with van der Waals surface area (Å²) in [6, 6.07) is 37.8. The number of hydrogen-bond donors (Lipinski definition) is 3. The van der Waals surface area contributed by atoms with Gasteiger partial charge in [-0.2, -0.15) is 0 Å². The Kier molecular flexibility index (Phi) is 16.3. The van der Waals surface area contributed by atoms with Crippen molar-refractivity contribution in [2.45, 2.75) is 71.1 Å². The molecule has 9 rings (SSSR count). The number of rotatable bonds is 14. The molecule has 0 spiro atoms. The van der Waals surface area contributed by atoms with Gasteiger partial charge in [-0.1, -0.05) is 91.0 Å². The Labute approximate surface area is 417 Å². The Hall–Kier alpha value is -6.71. The van der Waals surface area contributed by atoms with Crippen molar-refractivity contribution in [3.05, 3.63) is 155 Å². The van der Waals surface area contributed by atoms with Gasteiger partial charge in [-0.05, 0) is 87.4 Å². The molecule has 14 nitrogen and oxygen atoms in total. The van der Waals surface area contributed by atoms with Crippen LogP contribution in [0.4, 0.5) is 0 Å². The maximum absolute atomic E-state index is 13.9. The number of fused-ring (bicyclic) bond motifs is 7. The summed E-state index contributed by atoms with van der Waals surface area (Å²) in [4.78, 5) is 71.1. The van der Waals surface area contributed by atoms with Crippen LogP contribution in [0.15, 0.2) is 121 Å². The summed E-state index contributed by atoms with van der Waals surface area (Å²) in [6.45, 7) is 11.8. The lowest BCUT2D eigenvalue weighted by molar-refractivity contribution is -0.125. The maximum atomic E-state index is 13.9. The first kappa shape index (κ1) is 49.3. The van der Waals surface area contributed by atoms with Crippen LogP contribution in [0.5, 0.6) is 0 Å². The first-order valence-electron chi connectivity index (χ1n) is 25.4. The molecule has 14 heteroatoms. The smallest absolute Gasteiger partial charge is 0.234 e. The van der Waals surface area contributed by atoms with E-state index < -0.39 is 0 Å². The summed E-state index contributed by atoms with van der Waals surface area (Å²) in [7, 11) is 0. The second-order valence-electron chi connectivity index (χ2n) is 19.3. The molecule has 7 aromatic rings. The van der Waals surface area contributed by atoms with E-state index in [9.17, 15) is 14.4 Å². The van der Waals surface area contributed by atoms with Gasteiger partial charge in [-0.15, -0.1) is 0 Å². The van der Waals surface area contributed by atoms with E-state index in [1.807, 2.05) is 124 Å². The Balaban J connectivity index is 0.987. The largest absolute Gasteiger partial charge is 0.348 e. The summed E-state index contributed by atoms with van der Waals surface area (Å²) in [6.07, 6.45) is 5.94. The summed E-state index contributed by atoms with van der Waals surface area (Å²) < 4.78 is 0. The van der Waals surface area contributed by atoms with Crippen LogP contribution in [0.3, 0.4) is 0 Å². The minimum Gasteiger partial charge on any atom is -0.348 e. The van der Waals surface area contributed by atoms with Crippen molar-refractivity contribution in [1.29, 1.82) is 0 Å². The van der Waals surface area contributed by atoms with Crippen LogP contribution in [-0.4, -0.2) is 129 Å². The van der Waals surface area contributed by atoms with Crippen molar-refractivity contribution >= 4 is 50.6 Å². The van der Waals surface area contributed by atoms with Gasteiger partial charge < -0.3 is 16.0 Å². The molecule has 2 aliphatic rings. The Bertz CT molecular complexity index is 2850. The highest BCUT2D eigenvalue weighted by Crippen LogP contribution is 2.33. The molecular weight excluding hydrogens is 887 g/mol. The Morgan fingerprint density at radius 3 is 1.25 bits per heavy atom. The molecule has 0 saturated carbocycles. The molecule has 368 valence electrons. The standard InChI is InChI=1S/C57H67N11O3/c1-40(43-16-7-4-8-17-43)59-51(69)37-66-30-28-65(36-46-25-26-48-55(62-46)54-47(22-15-27-58-54)56-57(48)64-50-24-14-13-23-49(50)63-56)29-31-67(38-52(70)60-41(2)44-18-9-5-10-19-44)33-35-68(34-32-66)39-53(71)61-42(3)45-20-11-6-12-21-45/h4-12,15-22,25-27,40-42H,13-14,23-24,28-39H2,1-3H3,(H,59,69)(H,60,70)(H,61,71)/t40-,41-,42-/m1/s1. The van der Waals surface area contributed by atoms with Crippen LogP contribution in [0.1, 0.15) is 85.5 Å². The van der Waals surface area contributed by atoms with Crippen LogP contribution in [0.2, 0.25) is 0 Å². The number of benzene rings is 4. The molecule has 1 aliphatic carbocycles. The molecule has 3 atom stereocenters. The number of aromatic nitrogens is 4. The fourth-order valence-electron chi connectivity index (χ4n) is 10.00. The van der Waals surface area contributed by atoms with E-state index in [1.54, 1.807) is 0 Å². The average molecular weight is 954 g/mol. The summed E-state index contributed by atoms with van der Waals surface area (Å²) in [5, 5.41) is 11.6. The number of carbonyl (C=O) groups excluding carboxylic acids is 3. The van der Waals surface area contributed by atoms with Gasteiger partial charge in [0, 0.05) is 75.9 Å². The summed E-state index contributed by atoms with van der Waals surface area (Å²) >= 11 is 0. The predicted molar refractivity (Wildman–Crippen MR) is 280 cm³/mol. The zero-order valence-electron chi connectivity index (χ0n) is 41.4. The minimum absolute atomic E-state index is 0.0601. The lowest BCUT2D eigenvalue weighted by Gasteiger charge is -2.34. The monoisotopic (exact) mass is 954 g/mol. The van der Waals surface area contributed by atoms with Crippen LogP contribution < -0.4 is 16.0 Å². The van der Waals surface area contributed by atoms with Crippen LogP contribution in [0, 0.1) is 0 Å². The fraction of sp³-hybridized carbons (Fsp3) is 0.386. The van der Waals surface area contributed by atoms with E-state index in [2.05, 4.69) is 53.7 Å². The van der Waals surface area contributed by atoms with Gasteiger partial charge in [-0.3, -0.25) is 39.0 Å². The second kappa shape index (κ2) is 23.5. The van der Waals surface area contributed by atoms with Gasteiger partial charge in [0.1, 0.15) is 0 Å². The fourth-order valence-corrected chi connectivity index (χ4v) is 10.00. The second-order valence-corrected chi connectivity index (χ2v) is 19.3. The van der Waals surface area contributed by atoms with Crippen molar-refractivity contribution in [3.63, 3.8) is 0 Å². The van der Waals surface area contributed by atoms with E-state index in [-0.39, 0.29) is 55.5 Å². The lowest BCUT2D eigenvalue weighted by atomic mass is 9.99. The molecule has 3 amide bonds. The third-order valence-corrected chi connectivity index (χ3v) is 14.1. The zero-order chi connectivity index (χ0) is 49.1. The highest BCUT2D eigenvalue weighted by Gasteiger charge is 2.24. The average Bonchev–Trinajstić information content (AvgIpc) is 3.39. The molecule has 0 unspecified atom stereocenters. The van der Waals surface area contributed by atoms with Crippen molar-refractivity contribution in [3.8, 4) is 0 Å². The SMILES string of the molecule is C[C@@H](NC(=O)CN1CCN(CC(=O)N[C@H](C)c2ccccc2)CCN(Cc2ccc3c(n2)c2ncccc2c2nc4c(nc32)CCCC4)CCN(CC(=O)N[C@H](C)c2ccccc2)CC1)c1ccccc1. The molecule has 3 aromatic heterocycles. The zero-order valence-corrected chi connectivity index (χ0v) is 41.4. The number of hydrogen-bond acceptors (Lipinski definition) is 11. The van der Waals surface area contributed by atoms with E-state index >= 15 is 0 Å². The van der Waals surface area contributed by atoms with Gasteiger partial charge in [-0.25, -0.2) is 15.0 Å². The van der Waals surface area contributed by atoms with Crippen molar-refractivity contribution in [1.82, 2.24) is 55.5 Å². The lowest BCUT2D eigenvalue weighted by Crippen LogP contribution is -2.50. The minimum atomic E-state index is -0.161. The molecule has 1 fully saturated rings. The third kappa shape index (κ3) is 12.8. The molecule has 3 N–H and O–H groups in total. The van der Waals surface area contributed by atoms with Crippen LogP contribution in [-0.2, 0) is 33.8 Å². The maximum Gasteiger partial charge on any atom is 0.234 e. The van der Waals surface area contributed by atoms with Gasteiger partial charge >= 0.3 is 0 Å². The molecule has 1 saturated heterocycles. The number of amides is 3. The number of nitrogens with zero attached hydrogens (tertiary/aromatic N) is 8. The Morgan fingerprint density at radius 1 is 0.451 bits per heavy atom. The molecule has 4 aromatic carbocycles. The first-order chi connectivity index (χ1) is 34.6. The van der Waals surface area contributed by atoms with E-state index in [0.717, 1.165) is 92.3 Å². The molecule has 4 heterocycles. The number of pyridine rings is 2. The van der Waals surface area contributed by atoms with Crippen LogP contribution in [0.25, 0.3) is 32.8 Å². The molecule has 0 bridgehead atoms. The van der Waals surface area contributed by atoms with Crippen molar-refractivity contribution in [2.75, 3.05) is 72.0 Å². The quantitative estimate of drug-likeness (QED) is 0.0972. The summed E-state index contributed by atoms with van der Waals surface area (Å²) in [5.41, 5.74) is 9.56. The van der Waals surface area contributed by atoms with Crippen LogP contribution >= 0.6 is 0 Å². The molecular formula is C57H67N11O3. The van der Waals surface area contributed by atoms with E-state index in [4.69, 9.17) is 19.9 Å². The summed E-state index contributed by atoms with van der Waals surface area (Å²) in [5.74, 6) is -0.197. The van der Waals surface area contributed by atoms with Gasteiger partial charge in [0.25, 0.3) is 0 Å². The number of nitrogens with one attached hydrogen (secondary N) is 3.